The van der Waals surface area contributed by atoms with E-state index in [0.29, 0.717) is 0 Å². The van der Waals surface area contributed by atoms with Crippen molar-refractivity contribution in [3.63, 3.8) is 0 Å². The van der Waals surface area contributed by atoms with Crippen molar-refractivity contribution in [1.29, 1.82) is 0 Å². The average Bonchev–Trinajstić information content (AvgIpc) is 2.16. The number of hydrogen-bond donors (Lipinski definition) is 0. The van der Waals surface area contributed by atoms with Crippen LogP contribution in [0.5, 0.6) is 0 Å². The number of halogens is 1. The maximum absolute atomic E-state index is 13.0. The van der Waals surface area contributed by atoms with Gasteiger partial charge in [0.1, 0.15) is 5.82 Å². The lowest BCUT2D eigenvalue weighted by molar-refractivity contribution is -0.140. The molecular formula is C9H8BFO2. The van der Waals surface area contributed by atoms with Crippen molar-refractivity contribution in [1.82, 2.24) is 0 Å². The summed E-state index contributed by atoms with van der Waals surface area (Å²) in [6.07, 6.45) is 0. The second kappa shape index (κ2) is 4.07. The molecule has 0 N–H and O–H groups in total. The lowest BCUT2D eigenvalue weighted by atomic mass is 9.81. The number of ether oxygens (including phenoxy) is 1. The smallest absolute Gasteiger partial charge is 0.304 e. The minimum Gasteiger partial charge on any atom is -0.469 e. The van der Waals surface area contributed by atoms with Crippen LogP contribution in [0.3, 0.4) is 0 Å². The summed E-state index contributed by atoms with van der Waals surface area (Å²) in [6, 6.07) is 5.85. The summed E-state index contributed by atoms with van der Waals surface area (Å²) in [5.74, 6) is -2.20. The van der Waals surface area contributed by atoms with E-state index in [1.165, 1.54) is 25.3 Å². The number of hydrogen-bond acceptors (Lipinski definition) is 2. The number of esters is 1. The summed E-state index contributed by atoms with van der Waals surface area (Å²) in [6.45, 7) is 0. The lowest BCUT2D eigenvalue weighted by Crippen LogP contribution is -2.15. The maximum Gasteiger partial charge on any atom is 0.304 e. The van der Waals surface area contributed by atoms with Crippen molar-refractivity contribution in [3.8, 4) is 0 Å². The lowest BCUT2D eigenvalue weighted by Gasteiger charge is -2.09. The molecule has 0 aliphatic rings. The van der Waals surface area contributed by atoms with Gasteiger partial charge in [-0.25, -0.2) is 4.39 Å². The monoisotopic (exact) mass is 178 g/mol. The Morgan fingerprint density at radius 2 is 2.15 bits per heavy atom. The Labute approximate surface area is 77.1 Å². The molecule has 0 bridgehead atoms. The number of carbonyl (C=O) groups is 1. The highest BCUT2D eigenvalue weighted by Crippen LogP contribution is 2.16. The second-order valence-corrected chi connectivity index (χ2v) is 2.52. The van der Waals surface area contributed by atoms with Crippen molar-refractivity contribution < 1.29 is 13.9 Å². The van der Waals surface area contributed by atoms with Gasteiger partial charge >= 0.3 is 5.97 Å². The van der Waals surface area contributed by atoms with Gasteiger partial charge in [0, 0.05) is 5.82 Å². The molecule has 2 radical (unpaired) electrons. The highest BCUT2D eigenvalue weighted by atomic mass is 19.1. The van der Waals surface area contributed by atoms with E-state index >= 15 is 0 Å². The van der Waals surface area contributed by atoms with E-state index < -0.39 is 17.6 Å². The first-order valence-electron chi connectivity index (χ1n) is 3.74. The zero-order valence-electron chi connectivity index (χ0n) is 7.16. The fraction of sp³-hybridized carbons (Fsp3) is 0.222. The van der Waals surface area contributed by atoms with E-state index in [0.717, 1.165) is 0 Å². The fourth-order valence-corrected chi connectivity index (χ4v) is 0.981. The van der Waals surface area contributed by atoms with E-state index in [1.807, 2.05) is 0 Å². The molecule has 66 valence electrons. The molecule has 4 heteroatoms. The summed E-state index contributed by atoms with van der Waals surface area (Å²) in [4.78, 5) is 11.0. The Kier molecular flexibility index (Phi) is 3.06. The average molecular weight is 178 g/mol. The molecule has 13 heavy (non-hydrogen) atoms. The number of rotatable bonds is 2. The van der Waals surface area contributed by atoms with E-state index in [2.05, 4.69) is 4.74 Å². The van der Waals surface area contributed by atoms with Crippen molar-refractivity contribution in [2.24, 2.45) is 0 Å². The maximum atomic E-state index is 13.0. The SMILES string of the molecule is [B]C(C(=O)OC)c1ccccc1F. The summed E-state index contributed by atoms with van der Waals surface area (Å²) >= 11 is 0. The first-order chi connectivity index (χ1) is 6.16. The molecule has 1 aromatic rings. The summed E-state index contributed by atoms with van der Waals surface area (Å²) < 4.78 is 17.4. The Hall–Kier alpha value is -1.32. The molecule has 0 aliphatic heterocycles. The third-order valence-corrected chi connectivity index (χ3v) is 1.70. The van der Waals surface area contributed by atoms with E-state index in [-0.39, 0.29) is 5.56 Å². The van der Waals surface area contributed by atoms with Crippen LogP contribution in [0, 0.1) is 5.82 Å². The standard InChI is InChI=1S/C9H8BFO2/c1-13-9(12)8(10)6-4-2-3-5-7(6)11/h2-5,8H,1H3. The third-order valence-electron chi connectivity index (χ3n) is 1.70. The van der Waals surface area contributed by atoms with Crippen LogP contribution in [0.1, 0.15) is 11.4 Å². The normalized spacial score (nSPS) is 12.2. The van der Waals surface area contributed by atoms with Crippen LogP contribution in [-0.2, 0) is 9.53 Å². The molecule has 1 atom stereocenters. The zero-order valence-corrected chi connectivity index (χ0v) is 7.16. The van der Waals surface area contributed by atoms with Gasteiger partial charge in [-0.05, 0) is 11.6 Å². The summed E-state index contributed by atoms with van der Waals surface area (Å²) in [5.41, 5.74) is 0.148. The number of benzene rings is 1. The van der Waals surface area contributed by atoms with Gasteiger partial charge in [-0.3, -0.25) is 4.79 Å². The van der Waals surface area contributed by atoms with E-state index in [4.69, 9.17) is 7.85 Å². The van der Waals surface area contributed by atoms with Gasteiger partial charge in [-0.1, -0.05) is 18.2 Å². The number of carbonyl (C=O) groups excluding carboxylic acids is 1. The Balaban J connectivity index is 2.95. The second-order valence-electron chi connectivity index (χ2n) is 2.52. The molecule has 0 aliphatic carbocycles. The molecule has 0 fully saturated rings. The van der Waals surface area contributed by atoms with Crippen LogP contribution in [0.15, 0.2) is 24.3 Å². The van der Waals surface area contributed by atoms with Crippen LogP contribution in [0.4, 0.5) is 4.39 Å². The Morgan fingerprint density at radius 3 is 2.69 bits per heavy atom. The molecule has 1 unspecified atom stereocenters. The summed E-state index contributed by atoms with van der Waals surface area (Å²) in [7, 11) is 6.65. The number of methoxy groups -OCH3 is 1. The molecule has 0 amide bonds. The highest BCUT2D eigenvalue weighted by molar-refractivity contribution is 6.23. The van der Waals surface area contributed by atoms with Gasteiger partial charge in [0.05, 0.1) is 15.0 Å². The quantitative estimate of drug-likeness (QED) is 0.502. The molecule has 1 aromatic carbocycles. The van der Waals surface area contributed by atoms with Gasteiger partial charge in [-0.2, -0.15) is 0 Å². The third kappa shape index (κ3) is 2.08. The first-order valence-corrected chi connectivity index (χ1v) is 3.74. The molecule has 0 heterocycles. The minimum atomic E-state index is -1.05. The molecule has 0 spiro atoms. The predicted octanol–water partition coefficient (Wildman–Crippen LogP) is 1.21. The van der Waals surface area contributed by atoms with Crippen LogP contribution in [0.2, 0.25) is 0 Å². The van der Waals surface area contributed by atoms with Crippen molar-refractivity contribution in [3.05, 3.63) is 35.6 Å². The minimum absolute atomic E-state index is 0.148. The zero-order chi connectivity index (χ0) is 9.84. The van der Waals surface area contributed by atoms with Crippen molar-refractivity contribution >= 4 is 13.8 Å². The van der Waals surface area contributed by atoms with Crippen LogP contribution in [-0.4, -0.2) is 20.9 Å². The van der Waals surface area contributed by atoms with Crippen molar-refractivity contribution in [2.45, 2.75) is 5.82 Å². The fourth-order valence-electron chi connectivity index (χ4n) is 0.981. The van der Waals surface area contributed by atoms with Crippen molar-refractivity contribution in [2.75, 3.05) is 7.11 Å². The molecule has 0 saturated carbocycles. The molecule has 2 nitrogen and oxygen atoms in total. The first kappa shape index (κ1) is 9.77. The summed E-state index contributed by atoms with van der Waals surface area (Å²) in [5, 5.41) is 0. The van der Waals surface area contributed by atoms with Gasteiger partial charge in [0.2, 0.25) is 0 Å². The molecule has 0 saturated heterocycles. The van der Waals surface area contributed by atoms with Gasteiger partial charge < -0.3 is 4.74 Å². The van der Waals surface area contributed by atoms with Gasteiger partial charge in [0.25, 0.3) is 0 Å². The van der Waals surface area contributed by atoms with Gasteiger partial charge in [-0.15, -0.1) is 0 Å². The van der Waals surface area contributed by atoms with Crippen LogP contribution < -0.4 is 0 Å². The molecule has 0 aromatic heterocycles. The highest BCUT2D eigenvalue weighted by Gasteiger charge is 2.17. The topological polar surface area (TPSA) is 26.3 Å². The molecular weight excluding hydrogens is 170 g/mol. The van der Waals surface area contributed by atoms with E-state index in [9.17, 15) is 9.18 Å². The van der Waals surface area contributed by atoms with Gasteiger partial charge in [0.15, 0.2) is 0 Å². The Bertz CT molecular complexity index is 314. The van der Waals surface area contributed by atoms with Crippen LogP contribution >= 0.6 is 0 Å². The predicted molar refractivity (Wildman–Crippen MR) is 46.9 cm³/mol. The largest absolute Gasteiger partial charge is 0.469 e. The Morgan fingerprint density at radius 1 is 1.54 bits per heavy atom. The van der Waals surface area contributed by atoms with E-state index in [1.54, 1.807) is 6.07 Å². The molecule has 1 rings (SSSR count). The van der Waals surface area contributed by atoms with Crippen LogP contribution in [0.25, 0.3) is 0 Å².